The molecule has 0 radical (unpaired) electrons. The SMILES string of the molecule is COc1cc(C#N)ccc1OCCCC(=O)NC(C)c1cc(F)c(Cl)cc1Cl. The Balaban J connectivity index is 1.83. The second-order valence-corrected chi connectivity index (χ2v) is 6.82. The third-order valence-electron chi connectivity index (χ3n) is 3.98. The molecule has 1 atom stereocenters. The van der Waals surface area contributed by atoms with Gasteiger partial charge >= 0.3 is 0 Å². The van der Waals surface area contributed by atoms with Crippen molar-refractivity contribution in [3.63, 3.8) is 0 Å². The van der Waals surface area contributed by atoms with Crippen molar-refractivity contribution in [2.45, 2.75) is 25.8 Å². The number of hydrogen-bond acceptors (Lipinski definition) is 4. The highest BCUT2D eigenvalue weighted by Crippen LogP contribution is 2.29. The standard InChI is InChI=1S/C20H19Cl2FN2O3/c1-12(14-9-17(23)16(22)10-15(14)21)25-20(26)4-3-7-28-18-6-5-13(11-24)8-19(18)27-2/h5-6,8-10,12H,3-4,7H2,1-2H3,(H,25,26). The van der Waals surface area contributed by atoms with Crippen LogP contribution in [0.2, 0.25) is 10.0 Å². The Labute approximate surface area is 173 Å². The summed E-state index contributed by atoms with van der Waals surface area (Å²) < 4.78 is 24.4. The fourth-order valence-electron chi connectivity index (χ4n) is 2.53. The van der Waals surface area contributed by atoms with E-state index in [1.165, 1.54) is 19.2 Å². The fourth-order valence-corrected chi connectivity index (χ4v) is 3.08. The van der Waals surface area contributed by atoms with Crippen molar-refractivity contribution in [3.8, 4) is 17.6 Å². The summed E-state index contributed by atoms with van der Waals surface area (Å²) in [6.45, 7) is 2.00. The highest BCUT2D eigenvalue weighted by atomic mass is 35.5. The van der Waals surface area contributed by atoms with Gasteiger partial charge in [-0.3, -0.25) is 4.79 Å². The molecule has 1 unspecified atom stereocenters. The molecule has 0 saturated heterocycles. The minimum Gasteiger partial charge on any atom is -0.493 e. The molecule has 1 amide bonds. The first-order valence-corrected chi connectivity index (χ1v) is 9.26. The number of ether oxygens (including phenoxy) is 2. The molecule has 0 aliphatic heterocycles. The van der Waals surface area contributed by atoms with E-state index in [2.05, 4.69) is 5.32 Å². The van der Waals surface area contributed by atoms with Crippen LogP contribution >= 0.6 is 23.2 Å². The monoisotopic (exact) mass is 424 g/mol. The van der Waals surface area contributed by atoms with E-state index in [-0.39, 0.29) is 22.4 Å². The number of rotatable bonds is 8. The molecule has 0 bridgehead atoms. The number of carbonyl (C=O) groups excluding carboxylic acids is 1. The molecule has 8 heteroatoms. The lowest BCUT2D eigenvalue weighted by molar-refractivity contribution is -0.121. The van der Waals surface area contributed by atoms with E-state index in [4.69, 9.17) is 37.9 Å². The van der Waals surface area contributed by atoms with E-state index in [0.29, 0.717) is 35.7 Å². The Morgan fingerprint density at radius 2 is 2.00 bits per heavy atom. The van der Waals surface area contributed by atoms with Gasteiger partial charge in [0.15, 0.2) is 11.5 Å². The topological polar surface area (TPSA) is 71.3 Å². The highest BCUT2D eigenvalue weighted by Gasteiger charge is 2.15. The van der Waals surface area contributed by atoms with Gasteiger partial charge in [-0.2, -0.15) is 5.26 Å². The number of nitrogens with zero attached hydrogens (tertiary/aromatic N) is 1. The normalized spacial score (nSPS) is 11.4. The number of amides is 1. The summed E-state index contributed by atoms with van der Waals surface area (Å²) in [4.78, 5) is 12.1. The zero-order chi connectivity index (χ0) is 20.7. The van der Waals surface area contributed by atoms with Gasteiger partial charge in [-0.05, 0) is 43.2 Å². The Bertz CT molecular complexity index is 900. The zero-order valence-electron chi connectivity index (χ0n) is 15.4. The summed E-state index contributed by atoms with van der Waals surface area (Å²) in [6.07, 6.45) is 0.682. The van der Waals surface area contributed by atoms with Crippen molar-refractivity contribution < 1.29 is 18.7 Å². The van der Waals surface area contributed by atoms with Crippen LogP contribution in [0, 0.1) is 17.1 Å². The summed E-state index contributed by atoms with van der Waals surface area (Å²) in [6, 6.07) is 8.95. The Morgan fingerprint density at radius 1 is 1.25 bits per heavy atom. The van der Waals surface area contributed by atoms with Gasteiger partial charge in [0.05, 0.1) is 36.4 Å². The van der Waals surface area contributed by atoms with Crippen molar-refractivity contribution >= 4 is 29.1 Å². The maximum atomic E-state index is 13.6. The van der Waals surface area contributed by atoms with E-state index in [1.807, 2.05) is 6.07 Å². The number of nitrogens with one attached hydrogen (secondary N) is 1. The van der Waals surface area contributed by atoms with Crippen molar-refractivity contribution in [3.05, 3.63) is 57.3 Å². The Morgan fingerprint density at radius 3 is 2.68 bits per heavy atom. The van der Waals surface area contributed by atoms with Crippen molar-refractivity contribution in [2.75, 3.05) is 13.7 Å². The van der Waals surface area contributed by atoms with Gasteiger partial charge in [-0.25, -0.2) is 4.39 Å². The maximum absolute atomic E-state index is 13.6. The van der Waals surface area contributed by atoms with E-state index < -0.39 is 11.9 Å². The number of carbonyl (C=O) groups is 1. The van der Waals surface area contributed by atoms with Gasteiger partial charge in [-0.1, -0.05) is 23.2 Å². The number of benzene rings is 2. The lowest BCUT2D eigenvalue weighted by Crippen LogP contribution is -2.27. The second-order valence-electron chi connectivity index (χ2n) is 6.01. The van der Waals surface area contributed by atoms with Gasteiger partial charge in [0.25, 0.3) is 0 Å². The van der Waals surface area contributed by atoms with Gasteiger partial charge in [0, 0.05) is 17.5 Å². The number of hydrogen-bond donors (Lipinski definition) is 1. The first-order chi connectivity index (χ1) is 13.3. The van der Waals surface area contributed by atoms with Crippen LogP contribution in [0.3, 0.4) is 0 Å². The van der Waals surface area contributed by atoms with E-state index in [9.17, 15) is 9.18 Å². The predicted molar refractivity (Wildman–Crippen MR) is 105 cm³/mol. The minimum atomic E-state index is -0.591. The lowest BCUT2D eigenvalue weighted by Gasteiger charge is -2.16. The van der Waals surface area contributed by atoms with Gasteiger partial charge < -0.3 is 14.8 Å². The molecule has 0 saturated carbocycles. The summed E-state index contributed by atoms with van der Waals surface area (Å²) >= 11 is 11.8. The van der Waals surface area contributed by atoms with Crippen molar-refractivity contribution in [1.82, 2.24) is 5.32 Å². The van der Waals surface area contributed by atoms with Crippen LogP contribution in [-0.2, 0) is 4.79 Å². The van der Waals surface area contributed by atoms with Gasteiger partial charge in [-0.15, -0.1) is 0 Å². The Hall–Kier alpha value is -2.49. The van der Waals surface area contributed by atoms with Crippen LogP contribution in [0.25, 0.3) is 0 Å². The van der Waals surface area contributed by atoms with Crippen LogP contribution in [0.5, 0.6) is 11.5 Å². The summed E-state index contributed by atoms with van der Waals surface area (Å²) in [5.41, 5.74) is 0.922. The van der Waals surface area contributed by atoms with E-state index >= 15 is 0 Å². The van der Waals surface area contributed by atoms with Gasteiger partial charge in [0.2, 0.25) is 5.91 Å². The van der Waals surface area contributed by atoms with Gasteiger partial charge in [0.1, 0.15) is 5.82 Å². The van der Waals surface area contributed by atoms with E-state index in [1.54, 1.807) is 25.1 Å². The quantitative estimate of drug-likeness (QED) is 0.475. The number of halogens is 3. The van der Waals surface area contributed by atoms with Crippen molar-refractivity contribution in [2.24, 2.45) is 0 Å². The molecule has 0 fully saturated rings. The molecule has 2 aromatic carbocycles. The molecule has 5 nitrogen and oxygen atoms in total. The third kappa shape index (κ3) is 5.75. The molecule has 2 rings (SSSR count). The first kappa shape index (κ1) is 21.8. The molecule has 0 spiro atoms. The molecule has 0 aromatic heterocycles. The van der Waals surface area contributed by atoms with Crippen LogP contribution in [0.15, 0.2) is 30.3 Å². The van der Waals surface area contributed by atoms with Crippen LogP contribution in [0.4, 0.5) is 4.39 Å². The molecular weight excluding hydrogens is 406 g/mol. The highest BCUT2D eigenvalue weighted by molar-refractivity contribution is 6.35. The molecule has 0 aliphatic carbocycles. The molecule has 148 valence electrons. The molecule has 2 aromatic rings. The van der Waals surface area contributed by atoms with Crippen LogP contribution in [0.1, 0.15) is 36.9 Å². The predicted octanol–water partition coefficient (Wildman–Crippen LogP) is 5.05. The van der Waals surface area contributed by atoms with E-state index in [0.717, 1.165) is 0 Å². The zero-order valence-corrected chi connectivity index (χ0v) is 16.9. The van der Waals surface area contributed by atoms with Crippen LogP contribution < -0.4 is 14.8 Å². The summed E-state index contributed by atoms with van der Waals surface area (Å²) in [5, 5.41) is 11.9. The maximum Gasteiger partial charge on any atom is 0.220 e. The molecule has 1 N–H and O–H groups in total. The summed E-state index contributed by atoms with van der Waals surface area (Å²) in [7, 11) is 1.49. The molecule has 0 heterocycles. The lowest BCUT2D eigenvalue weighted by atomic mass is 10.1. The second kappa shape index (κ2) is 10.2. The van der Waals surface area contributed by atoms with Crippen LogP contribution in [-0.4, -0.2) is 19.6 Å². The smallest absolute Gasteiger partial charge is 0.220 e. The summed E-state index contributed by atoms with van der Waals surface area (Å²) in [5.74, 6) is 0.150. The number of methoxy groups -OCH3 is 1. The Kier molecular flexibility index (Phi) is 7.91. The molecular formula is C20H19Cl2FN2O3. The minimum absolute atomic E-state index is 0.0670. The third-order valence-corrected chi connectivity index (χ3v) is 4.60. The number of nitriles is 1. The fraction of sp³-hybridized carbons (Fsp3) is 0.300. The first-order valence-electron chi connectivity index (χ1n) is 8.50. The molecule has 28 heavy (non-hydrogen) atoms. The largest absolute Gasteiger partial charge is 0.493 e. The van der Waals surface area contributed by atoms with Crippen molar-refractivity contribution in [1.29, 1.82) is 5.26 Å². The average molecular weight is 425 g/mol. The molecule has 0 aliphatic rings. The average Bonchev–Trinajstić information content (AvgIpc) is 2.67.